The molecule has 0 radical (unpaired) electrons. The van der Waals surface area contributed by atoms with E-state index >= 15 is 0 Å². The van der Waals surface area contributed by atoms with Gasteiger partial charge in [0.15, 0.2) is 0 Å². The van der Waals surface area contributed by atoms with Crippen LogP contribution in [0.2, 0.25) is 10.0 Å². The standard InChI is InChI=1S/C12H15Cl2NO/c13-11-2-1-3-12(14)10(11)7-16-9-5-4-8(15)6-9/h1-3,8-9H,4-7,15H2. The second-order valence-electron chi connectivity index (χ2n) is 4.21. The number of benzene rings is 1. The highest BCUT2D eigenvalue weighted by Crippen LogP contribution is 2.27. The van der Waals surface area contributed by atoms with Gasteiger partial charge in [0.25, 0.3) is 0 Å². The molecule has 2 rings (SSSR count). The van der Waals surface area contributed by atoms with Gasteiger partial charge in [-0.3, -0.25) is 0 Å². The molecule has 2 N–H and O–H groups in total. The van der Waals surface area contributed by atoms with Gasteiger partial charge in [-0.05, 0) is 31.4 Å². The summed E-state index contributed by atoms with van der Waals surface area (Å²) in [7, 11) is 0. The minimum Gasteiger partial charge on any atom is -0.373 e. The summed E-state index contributed by atoms with van der Waals surface area (Å²) in [5.41, 5.74) is 6.69. The molecule has 4 heteroatoms. The average Bonchev–Trinajstić information content (AvgIpc) is 2.63. The summed E-state index contributed by atoms with van der Waals surface area (Å²) < 4.78 is 5.77. The van der Waals surface area contributed by atoms with E-state index < -0.39 is 0 Å². The molecule has 1 aliphatic rings. The van der Waals surface area contributed by atoms with Crippen molar-refractivity contribution in [1.82, 2.24) is 0 Å². The van der Waals surface area contributed by atoms with Crippen LogP contribution in [0.1, 0.15) is 24.8 Å². The zero-order valence-electron chi connectivity index (χ0n) is 8.96. The first-order chi connectivity index (χ1) is 7.66. The van der Waals surface area contributed by atoms with E-state index in [-0.39, 0.29) is 12.1 Å². The molecule has 0 aromatic heterocycles. The van der Waals surface area contributed by atoms with Crippen molar-refractivity contribution in [1.29, 1.82) is 0 Å². The fourth-order valence-corrected chi connectivity index (χ4v) is 2.50. The molecule has 0 aliphatic heterocycles. The van der Waals surface area contributed by atoms with Gasteiger partial charge in [0.2, 0.25) is 0 Å². The summed E-state index contributed by atoms with van der Waals surface area (Å²) in [5, 5.41) is 1.32. The lowest BCUT2D eigenvalue weighted by Gasteiger charge is -2.13. The van der Waals surface area contributed by atoms with Gasteiger partial charge < -0.3 is 10.5 Å². The Hall–Kier alpha value is -0.280. The van der Waals surface area contributed by atoms with Crippen molar-refractivity contribution in [2.24, 2.45) is 5.73 Å². The summed E-state index contributed by atoms with van der Waals surface area (Å²) in [5.74, 6) is 0. The van der Waals surface area contributed by atoms with E-state index in [1.54, 1.807) is 0 Å². The molecule has 0 saturated heterocycles. The molecule has 0 bridgehead atoms. The lowest BCUT2D eigenvalue weighted by Crippen LogP contribution is -2.17. The largest absolute Gasteiger partial charge is 0.373 e. The molecule has 2 unspecified atom stereocenters. The third-order valence-corrected chi connectivity index (χ3v) is 3.66. The van der Waals surface area contributed by atoms with E-state index in [1.165, 1.54) is 0 Å². The number of hydrogen-bond acceptors (Lipinski definition) is 2. The van der Waals surface area contributed by atoms with E-state index in [1.807, 2.05) is 18.2 Å². The van der Waals surface area contributed by atoms with Crippen LogP contribution in [0.4, 0.5) is 0 Å². The number of rotatable bonds is 3. The van der Waals surface area contributed by atoms with E-state index in [0.29, 0.717) is 16.7 Å². The highest BCUT2D eigenvalue weighted by Gasteiger charge is 2.22. The van der Waals surface area contributed by atoms with Gasteiger partial charge in [-0.1, -0.05) is 29.3 Å². The van der Waals surface area contributed by atoms with Crippen molar-refractivity contribution in [3.05, 3.63) is 33.8 Å². The Balaban J connectivity index is 1.94. The van der Waals surface area contributed by atoms with Crippen LogP contribution in [0.3, 0.4) is 0 Å². The van der Waals surface area contributed by atoms with Crippen LogP contribution in [0.25, 0.3) is 0 Å². The second-order valence-corrected chi connectivity index (χ2v) is 5.02. The SMILES string of the molecule is NC1CCC(OCc2c(Cl)cccc2Cl)C1. The van der Waals surface area contributed by atoms with Gasteiger partial charge in [0.1, 0.15) is 0 Å². The van der Waals surface area contributed by atoms with Gasteiger partial charge in [0, 0.05) is 21.7 Å². The zero-order chi connectivity index (χ0) is 11.5. The summed E-state index contributed by atoms with van der Waals surface area (Å²) >= 11 is 12.1. The molecule has 2 nitrogen and oxygen atoms in total. The average molecular weight is 260 g/mol. The molecule has 1 aliphatic carbocycles. The van der Waals surface area contributed by atoms with E-state index in [2.05, 4.69) is 0 Å². The molecule has 0 amide bonds. The minimum absolute atomic E-state index is 0.252. The van der Waals surface area contributed by atoms with E-state index in [9.17, 15) is 0 Å². The molecule has 1 saturated carbocycles. The number of hydrogen-bond donors (Lipinski definition) is 1. The Labute approximate surface area is 106 Å². The third-order valence-electron chi connectivity index (χ3n) is 2.95. The maximum Gasteiger partial charge on any atom is 0.0749 e. The topological polar surface area (TPSA) is 35.2 Å². The van der Waals surface area contributed by atoms with Crippen molar-refractivity contribution in [3.63, 3.8) is 0 Å². The Kier molecular flexibility index (Phi) is 4.09. The van der Waals surface area contributed by atoms with Gasteiger partial charge in [-0.25, -0.2) is 0 Å². The molecule has 0 spiro atoms. The number of nitrogens with two attached hydrogens (primary N) is 1. The number of ether oxygens (including phenoxy) is 1. The lowest BCUT2D eigenvalue weighted by atomic mass is 10.2. The smallest absolute Gasteiger partial charge is 0.0749 e. The van der Waals surface area contributed by atoms with Crippen molar-refractivity contribution in [3.8, 4) is 0 Å². The maximum absolute atomic E-state index is 6.05. The van der Waals surface area contributed by atoms with Crippen LogP contribution in [0.5, 0.6) is 0 Å². The molecular weight excluding hydrogens is 245 g/mol. The van der Waals surface area contributed by atoms with Gasteiger partial charge in [-0.2, -0.15) is 0 Å². The fourth-order valence-electron chi connectivity index (χ4n) is 2.00. The Morgan fingerprint density at radius 2 is 1.94 bits per heavy atom. The summed E-state index contributed by atoms with van der Waals surface area (Å²) in [6.07, 6.45) is 3.26. The highest BCUT2D eigenvalue weighted by molar-refractivity contribution is 6.35. The predicted octanol–water partition coefficient (Wildman–Crippen LogP) is 3.39. The first-order valence-corrected chi connectivity index (χ1v) is 6.22. The maximum atomic E-state index is 6.05. The number of halogens is 2. The minimum atomic E-state index is 0.252. The van der Waals surface area contributed by atoms with Crippen LogP contribution in [-0.2, 0) is 11.3 Å². The summed E-state index contributed by atoms with van der Waals surface area (Å²) in [4.78, 5) is 0. The molecule has 16 heavy (non-hydrogen) atoms. The fraction of sp³-hybridized carbons (Fsp3) is 0.500. The van der Waals surface area contributed by atoms with Crippen LogP contribution in [-0.4, -0.2) is 12.1 Å². The Morgan fingerprint density at radius 1 is 1.25 bits per heavy atom. The van der Waals surface area contributed by atoms with Crippen molar-refractivity contribution in [2.75, 3.05) is 0 Å². The van der Waals surface area contributed by atoms with Crippen LogP contribution in [0.15, 0.2) is 18.2 Å². The van der Waals surface area contributed by atoms with Gasteiger partial charge in [-0.15, -0.1) is 0 Å². The normalized spacial score (nSPS) is 24.9. The first kappa shape index (κ1) is 12.2. The Morgan fingerprint density at radius 3 is 2.50 bits per heavy atom. The van der Waals surface area contributed by atoms with Crippen LogP contribution < -0.4 is 5.73 Å². The molecule has 1 fully saturated rings. The van der Waals surface area contributed by atoms with Crippen molar-refractivity contribution < 1.29 is 4.74 Å². The molecular formula is C12H15Cl2NO. The summed E-state index contributed by atoms with van der Waals surface area (Å²) in [6.45, 7) is 0.468. The molecule has 1 aromatic rings. The first-order valence-electron chi connectivity index (χ1n) is 5.47. The highest BCUT2D eigenvalue weighted by atomic mass is 35.5. The van der Waals surface area contributed by atoms with Gasteiger partial charge in [0.05, 0.1) is 12.7 Å². The summed E-state index contributed by atoms with van der Waals surface area (Å²) in [6, 6.07) is 5.77. The third kappa shape index (κ3) is 2.89. The predicted molar refractivity (Wildman–Crippen MR) is 66.9 cm³/mol. The van der Waals surface area contributed by atoms with E-state index in [4.69, 9.17) is 33.7 Å². The molecule has 1 aromatic carbocycles. The van der Waals surface area contributed by atoms with E-state index in [0.717, 1.165) is 24.8 Å². The quantitative estimate of drug-likeness (QED) is 0.904. The van der Waals surface area contributed by atoms with Crippen LogP contribution in [0, 0.1) is 0 Å². The second kappa shape index (κ2) is 5.37. The molecule has 88 valence electrons. The monoisotopic (exact) mass is 259 g/mol. The molecule has 0 heterocycles. The lowest BCUT2D eigenvalue weighted by molar-refractivity contribution is 0.0449. The van der Waals surface area contributed by atoms with Crippen molar-refractivity contribution >= 4 is 23.2 Å². The Bertz CT molecular complexity index is 350. The van der Waals surface area contributed by atoms with Crippen LogP contribution >= 0.6 is 23.2 Å². The van der Waals surface area contributed by atoms with Crippen molar-refractivity contribution in [2.45, 2.75) is 38.0 Å². The zero-order valence-corrected chi connectivity index (χ0v) is 10.5. The van der Waals surface area contributed by atoms with Gasteiger partial charge >= 0.3 is 0 Å². The molecule has 2 atom stereocenters.